The lowest BCUT2D eigenvalue weighted by Gasteiger charge is -2.16. The van der Waals surface area contributed by atoms with Crippen molar-refractivity contribution in [2.24, 2.45) is 0 Å². The first kappa shape index (κ1) is 9.32. The van der Waals surface area contributed by atoms with Crippen LogP contribution in [0.15, 0.2) is 12.7 Å². The molecule has 2 aliphatic heterocycles. The molecular weight excluding hydrogens is 222 g/mol. The van der Waals surface area contributed by atoms with Crippen LogP contribution in [0.1, 0.15) is 13.2 Å². The summed E-state index contributed by atoms with van der Waals surface area (Å²) in [4.78, 5) is 12.3. The molecule has 2 aromatic heterocycles. The molecule has 17 heavy (non-hydrogen) atoms. The van der Waals surface area contributed by atoms with Crippen LogP contribution in [0.5, 0.6) is 0 Å². The van der Waals surface area contributed by atoms with Crippen LogP contribution in [0.4, 0.5) is 5.82 Å². The highest BCUT2D eigenvalue weighted by Crippen LogP contribution is 2.45. The van der Waals surface area contributed by atoms with Crippen LogP contribution >= 0.6 is 0 Å². The van der Waals surface area contributed by atoms with Crippen molar-refractivity contribution in [1.82, 2.24) is 19.5 Å². The van der Waals surface area contributed by atoms with E-state index >= 15 is 0 Å². The Hall–Kier alpha value is -1.73. The zero-order valence-electron chi connectivity index (χ0n) is 9.15. The van der Waals surface area contributed by atoms with Gasteiger partial charge in [0.25, 0.3) is 0 Å². The lowest BCUT2D eigenvalue weighted by molar-refractivity contribution is -0.0569. The summed E-state index contributed by atoms with van der Waals surface area (Å²) in [5.41, 5.74) is 7.03. The molecular formula is C10H11N5O2. The maximum atomic E-state index is 5.81. The zero-order valence-corrected chi connectivity index (χ0v) is 9.15. The van der Waals surface area contributed by atoms with Crippen molar-refractivity contribution >= 4 is 17.0 Å². The molecule has 0 radical (unpaired) electrons. The number of hydrogen-bond donors (Lipinski definition) is 1. The molecule has 0 amide bonds. The molecule has 7 nitrogen and oxygen atoms in total. The number of ether oxygens (including phenoxy) is 2. The fourth-order valence-electron chi connectivity index (χ4n) is 2.40. The Morgan fingerprint density at radius 3 is 2.82 bits per heavy atom. The minimum Gasteiger partial charge on any atom is -0.382 e. The molecule has 0 aliphatic carbocycles. The van der Waals surface area contributed by atoms with Gasteiger partial charge in [0.2, 0.25) is 0 Å². The van der Waals surface area contributed by atoms with Crippen molar-refractivity contribution in [2.75, 3.05) is 5.73 Å². The summed E-state index contributed by atoms with van der Waals surface area (Å²) in [5.74, 6) is 0.382. The summed E-state index contributed by atoms with van der Waals surface area (Å²) < 4.78 is 13.2. The zero-order chi connectivity index (χ0) is 11.6. The molecule has 7 heteroatoms. The van der Waals surface area contributed by atoms with Gasteiger partial charge in [-0.2, -0.15) is 0 Å². The number of fused-ring (bicyclic) bond motifs is 2. The van der Waals surface area contributed by atoms with Gasteiger partial charge >= 0.3 is 0 Å². The van der Waals surface area contributed by atoms with Gasteiger partial charge in [0.15, 0.2) is 17.7 Å². The highest BCUT2D eigenvalue weighted by molar-refractivity contribution is 5.81. The van der Waals surface area contributed by atoms with Crippen molar-refractivity contribution in [1.29, 1.82) is 0 Å². The maximum Gasteiger partial charge on any atom is 0.167 e. The Morgan fingerprint density at radius 2 is 2.12 bits per heavy atom. The average molecular weight is 233 g/mol. The predicted molar refractivity (Wildman–Crippen MR) is 58.0 cm³/mol. The van der Waals surface area contributed by atoms with Gasteiger partial charge in [-0.15, -0.1) is 0 Å². The number of nitrogens with zero attached hydrogens (tertiary/aromatic N) is 4. The van der Waals surface area contributed by atoms with Crippen LogP contribution in [0.25, 0.3) is 11.2 Å². The summed E-state index contributed by atoms with van der Waals surface area (Å²) in [6.45, 7) is 2.01. The quantitative estimate of drug-likeness (QED) is 0.702. The maximum absolute atomic E-state index is 5.81. The SMILES string of the molecule is C[C@H]1O[C@@H](n2cnc3c(N)ncnc32)[C@@H]2O[C@@H]21. The first-order valence-corrected chi connectivity index (χ1v) is 5.49. The average Bonchev–Trinajstić information content (AvgIpc) is 2.89. The molecule has 0 spiro atoms. The van der Waals surface area contributed by atoms with Gasteiger partial charge in [-0.1, -0.05) is 0 Å². The second-order valence-corrected chi connectivity index (χ2v) is 4.38. The lowest BCUT2D eigenvalue weighted by Crippen LogP contribution is -2.16. The van der Waals surface area contributed by atoms with Crippen molar-refractivity contribution in [3.63, 3.8) is 0 Å². The fourth-order valence-corrected chi connectivity index (χ4v) is 2.40. The van der Waals surface area contributed by atoms with Gasteiger partial charge in [0, 0.05) is 0 Å². The molecule has 4 heterocycles. The number of hydrogen-bond acceptors (Lipinski definition) is 6. The Morgan fingerprint density at radius 1 is 1.24 bits per heavy atom. The molecule has 4 atom stereocenters. The largest absolute Gasteiger partial charge is 0.382 e. The van der Waals surface area contributed by atoms with E-state index in [1.165, 1.54) is 6.33 Å². The predicted octanol–water partition coefficient (Wildman–Crippen LogP) is 0.0932. The summed E-state index contributed by atoms with van der Waals surface area (Å²) in [6, 6.07) is 0. The second-order valence-electron chi connectivity index (χ2n) is 4.38. The van der Waals surface area contributed by atoms with Crippen LogP contribution in [-0.2, 0) is 9.47 Å². The Balaban J connectivity index is 1.84. The molecule has 2 saturated heterocycles. The molecule has 2 N–H and O–H groups in total. The minimum atomic E-state index is -0.158. The number of imidazole rings is 1. The molecule has 0 saturated carbocycles. The summed E-state index contributed by atoms with van der Waals surface area (Å²) in [5, 5.41) is 0. The minimum absolute atomic E-state index is 0.110. The molecule has 88 valence electrons. The monoisotopic (exact) mass is 233 g/mol. The third-order valence-electron chi connectivity index (χ3n) is 3.32. The number of aromatic nitrogens is 4. The van der Waals surface area contributed by atoms with Crippen molar-refractivity contribution in [3.05, 3.63) is 12.7 Å². The molecule has 0 unspecified atom stereocenters. The van der Waals surface area contributed by atoms with Gasteiger partial charge < -0.3 is 15.2 Å². The van der Waals surface area contributed by atoms with E-state index in [1.807, 2.05) is 11.5 Å². The first-order valence-electron chi connectivity index (χ1n) is 5.49. The van der Waals surface area contributed by atoms with Crippen LogP contribution in [-0.4, -0.2) is 37.8 Å². The molecule has 2 aliphatic rings. The normalized spacial score (nSPS) is 35.1. The molecule has 4 rings (SSSR count). The highest BCUT2D eigenvalue weighted by atomic mass is 16.7. The van der Waals surface area contributed by atoms with E-state index < -0.39 is 0 Å². The van der Waals surface area contributed by atoms with E-state index in [2.05, 4.69) is 15.0 Å². The van der Waals surface area contributed by atoms with Gasteiger partial charge in [-0.25, -0.2) is 15.0 Å². The van der Waals surface area contributed by atoms with Crippen molar-refractivity contribution < 1.29 is 9.47 Å². The van der Waals surface area contributed by atoms with E-state index in [9.17, 15) is 0 Å². The van der Waals surface area contributed by atoms with Crippen LogP contribution in [0, 0.1) is 0 Å². The van der Waals surface area contributed by atoms with Crippen LogP contribution in [0.2, 0.25) is 0 Å². The van der Waals surface area contributed by atoms with E-state index in [-0.39, 0.29) is 24.5 Å². The smallest absolute Gasteiger partial charge is 0.167 e. The summed E-state index contributed by atoms with van der Waals surface area (Å²) in [7, 11) is 0. The fraction of sp³-hybridized carbons (Fsp3) is 0.500. The van der Waals surface area contributed by atoms with Gasteiger partial charge in [-0.05, 0) is 6.92 Å². The number of rotatable bonds is 1. The Labute approximate surface area is 96.6 Å². The molecule has 2 fully saturated rings. The van der Waals surface area contributed by atoms with Crippen molar-refractivity contribution in [2.45, 2.75) is 31.5 Å². The van der Waals surface area contributed by atoms with Crippen molar-refractivity contribution in [3.8, 4) is 0 Å². The molecule has 0 aromatic carbocycles. The second kappa shape index (κ2) is 2.93. The molecule has 0 bridgehead atoms. The van der Waals surface area contributed by atoms with Gasteiger partial charge in [0.1, 0.15) is 24.1 Å². The van der Waals surface area contributed by atoms with E-state index in [4.69, 9.17) is 15.2 Å². The summed E-state index contributed by atoms with van der Waals surface area (Å²) in [6.07, 6.45) is 3.38. The summed E-state index contributed by atoms with van der Waals surface area (Å²) >= 11 is 0. The van der Waals surface area contributed by atoms with Crippen LogP contribution < -0.4 is 5.73 Å². The van der Waals surface area contributed by atoms with E-state index in [0.29, 0.717) is 17.0 Å². The Bertz CT molecular complexity index is 597. The Kier molecular flexibility index (Phi) is 1.61. The topological polar surface area (TPSA) is 91.4 Å². The number of nitrogen functional groups attached to an aromatic ring is 1. The van der Waals surface area contributed by atoms with Crippen LogP contribution in [0.3, 0.4) is 0 Å². The number of epoxide rings is 1. The van der Waals surface area contributed by atoms with Gasteiger partial charge in [-0.3, -0.25) is 4.57 Å². The third-order valence-corrected chi connectivity index (χ3v) is 3.32. The third kappa shape index (κ3) is 1.15. The van der Waals surface area contributed by atoms with E-state index in [0.717, 1.165) is 0 Å². The molecule has 2 aromatic rings. The van der Waals surface area contributed by atoms with Gasteiger partial charge in [0.05, 0.1) is 12.4 Å². The highest BCUT2D eigenvalue weighted by Gasteiger charge is 2.57. The van der Waals surface area contributed by atoms with E-state index in [1.54, 1.807) is 6.33 Å². The standard InChI is InChI=1S/C10H11N5O2/c1-4-6-7(17-6)10(16-4)15-3-14-5-8(11)12-2-13-9(5)15/h2-4,6-7,10H,1H3,(H2,11,12,13)/t4-,6-,7-,10-/m1/s1. The number of anilines is 1. The first-order chi connectivity index (χ1) is 8.25. The lowest BCUT2D eigenvalue weighted by atomic mass is 10.2. The number of nitrogens with two attached hydrogens (primary N) is 1.